The van der Waals surface area contributed by atoms with Gasteiger partial charge in [0.25, 0.3) is 0 Å². The van der Waals surface area contributed by atoms with Gasteiger partial charge in [0.2, 0.25) is 0 Å². The molecule has 2 aromatic carbocycles. The minimum absolute atomic E-state index is 0.460. The van der Waals surface area contributed by atoms with E-state index in [1.807, 2.05) is 42.5 Å². The fourth-order valence-electron chi connectivity index (χ4n) is 2.30. The summed E-state index contributed by atoms with van der Waals surface area (Å²) in [6, 6.07) is 18.3. The molecule has 2 heteroatoms. The maximum absolute atomic E-state index is 5.76. The number of para-hydroxylation sites is 1. The molecule has 1 heterocycles. The van der Waals surface area contributed by atoms with Crippen molar-refractivity contribution in [3.63, 3.8) is 0 Å². The SMILES string of the molecule is CCCc1ccc(OCc2cc3ccccc3o2)cc1. The molecule has 0 saturated carbocycles. The van der Waals surface area contributed by atoms with Crippen molar-refractivity contribution >= 4 is 11.0 Å². The van der Waals surface area contributed by atoms with Gasteiger partial charge in [-0.15, -0.1) is 0 Å². The van der Waals surface area contributed by atoms with E-state index in [9.17, 15) is 0 Å². The highest BCUT2D eigenvalue weighted by atomic mass is 16.5. The van der Waals surface area contributed by atoms with E-state index < -0.39 is 0 Å². The minimum Gasteiger partial charge on any atom is -0.486 e. The van der Waals surface area contributed by atoms with Gasteiger partial charge in [0.1, 0.15) is 23.7 Å². The number of benzene rings is 2. The number of ether oxygens (including phenoxy) is 1. The first-order chi connectivity index (χ1) is 9.85. The zero-order valence-electron chi connectivity index (χ0n) is 11.6. The van der Waals surface area contributed by atoms with Crippen molar-refractivity contribution in [1.82, 2.24) is 0 Å². The molecule has 3 rings (SSSR count). The van der Waals surface area contributed by atoms with E-state index in [1.165, 1.54) is 12.0 Å². The normalized spacial score (nSPS) is 10.8. The van der Waals surface area contributed by atoms with Crippen molar-refractivity contribution in [1.29, 1.82) is 0 Å². The number of hydrogen-bond donors (Lipinski definition) is 0. The highest BCUT2D eigenvalue weighted by molar-refractivity contribution is 5.77. The summed E-state index contributed by atoms with van der Waals surface area (Å²) in [5.74, 6) is 1.73. The van der Waals surface area contributed by atoms with Gasteiger partial charge in [-0.05, 0) is 36.2 Å². The Labute approximate surface area is 119 Å². The third-order valence-electron chi connectivity index (χ3n) is 3.32. The zero-order chi connectivity index (χ0) is 13.8. The predicted octanol–water partition coefficient (Wildman–Crippen LogP) is 4.96. The Balaban J connectivity index is 1.66. The Morgan fingerprint density at radius 2 is 1.80 bits per heavy atom. The van der Waals surface area contributed by atoms with Crippen LogP contribution in [0.2, 0.25) is 0 Å². The second kappa shape index (κ2) is 5.83. The molecule has 0 N–H and O–H groups in total. The molecule has 0 unspecified atom stereocenters. The molecule has 0 bridgehead atoms. The zero-order valence-corrected chi connectivity index (χ0v) is 11.6. The van der Waals surface area contributed by atoms with Crippen LogP contribution in [0, 0.1) is 0 Å². The molecule has 0 aliphatic heterocycles. The van der Waals surface area contributed by atoms with Crippen molar-refractivity contribution < 1.29 is 9.15 Å². The van der Waals surface area contributed by atoms with E-state index in [4.69, 9.17) is 9.15 Å². The molecular formula is C18H18O2. The van der Waals surface area contributed by atoms with Crippen LogP contribution in [-0.2, 0) is 13.0 Å². The van der Waals surface area contributed by atoms with Crippen molar-refractivity contribution in [2.75, 3.05) is 0 Å². The van der Waals surface area contributed by atoms with Crippen LogP contribution in [0.4, 0.5) is 0 Å². The molecule has 0 amide bonds. The van der Waals surface area contributed by atoms with E-state index in [2.05, 4.69) is 19.1 Å². The summed E-state index contributed by atoms with van der Waals surface area (Å²) in [6.07, 6.45) is 2.28. The molecule has 0 fully saturated rings. The minimum atomic E-state index is 0.460. The van der Waals surface area contributed by atoms with E-state index >= 15 is 0 Å². The van der Waals surface area contributed by atoms with Gasteiger partial charge < -0.3 is 9.15 Å². The van der Waals surface area contributed by atoms with Crippen LogP contribution >= 0.6 is 0 Å². The largest absolute Gasteiger partial charge is 0.486 e. The molecule has 0 radical (unpaired) electrons. The third-order valence-corrected chi connectivity index (χ3v) is 3.32. The molecule has 0 aliphatic rings. The van der Waals surface area contributed by atoms with Crippen LogP contribution in [-0.4, -0.2) is 0 Å². The standard InChI is InChI=1S/C18H18O2/c1-2-5-14-8-10-16(11-9-14)19-13-17-12-15-6-3-4-7-18(15)20-17/h3-4,6-12H,2,5,13H2,1H3. The first-order valence-electron chi connectivity index (χ1n) is 7.04. The molecule has 0 saturated heterocycles. The van der Waals surface area contributed by atoms with Crippen molar-refractivity contribution in [2.45, 2.75) is 26.4 Å². The molecule has 0 spiro atoms. The third kappa shape index (κ3) is 2.85. The summed E-state index contributed by atoms with van der Waals surface area (Å²) >= 11 is 0. The van der Waals surface area contributed by atoms with Crippen LogP contribution in [0.25, 0.3) is 11.0 Å². The van der Waals surface area contributed by atoms with E-state index in [0.29, 0.717) is 6.61 Å². The lowest BCUT2D eigenvalue weighted by Crippen LogP contribution is -1.93. The van der Waals surface area contributed by atoms with Gasteiger partial charge in [-0.1, -0.05) is 43.7 Å². The lowest BCUT2D eigenvalue weighted by atomic mass is 10.1. The first-order valence-corrected chi connectivity index (χ1v) is 7.04. The number of furan rings is 1. The quantitative estimate of drug-likeness (QED) is 0.651. The monoisotopic (exact) mass is 266 g/mol. The highest BCUT2D eigenvalue weighted by Gasteiger charge is 2.03. The summed E-state index contributed by atoms with van der Waals surface area (Å²) in [6.45, 7) is 2.65. The van der Waals surface area contributed by atoms with Crippen molar-refractivity contribution in [3.05, 3.63) is 65.9 Å². The van der Waals surface area contributed by atoms with Crippen LogP contribution in [0.5, 0.6) is 5.75 Å². The Morgan fingerprint density at radius 1 is 1.00 bits per heavy atom. The van der Waals surface area contributed by atoms with Gasteiger partial charge in [-0.3, -0.25) is 0 Å². The molecule has 2 nitrogen and oxygen atoms in total. The lowest BCUT2D eigenvalue weighted by Gasteiger charge is -2.05. The molecular weight excluding hydrogens is 248 g/mol. The van der Waals surface area contributed by atoms with Gasteiger partial charge in [-0.25, -0.2) is 0 Å². The van der Waals surface area contributed by atoms with E-state index in [-0.39, 0.29) is 0 Å². The molecule has 3 aromatic rings. The number of rotatable bonds is 5. The van der Waals surface area contributed by atoms with Gasteiger partial charge >= 0.3 is 0 Å². The average molecular weight is 266 g/mol. The average Bonchev–Trinajstić information content (AvgIpc) is 2.90. The molecule has 0 aliphatic carbocycles. The lowest BCUT2D eigenvalue weighted by molar-refractivity contribution is 0.274. The maximum atomic E-state index is 5.76. The summed E-state index contributed by atoms with van der Waals surface area (Å²) in [5, 5.41) is 1.12. The fraction of sp³-hybridized carbons (Fsp3) is 0.222. The first kappa shape index (κ1) is 12.8. The van der Waals surface area contributed by atoms with Gasteiger partial charge in [-0.2, -0.15) is 0 Å². The Bertz CT molecular complexity index is 647. The van der Waals surface area contributed by atoms with Crippen LogP contribution in [0.1, 0.15) is 24.7 Å². The van der Waals surface area contributed by atoms with Crippen LogP contribution in [0.15, 0.2) is 59.0 Å². The maximum Gasteiger partial charge on any atom is 0.146 e. The second-order valence-corrected chi connectivity index (χ2v) is 4.93. The molecule has 102 valence electrons. The highest BCUT2D eigenvalue weighted by Crippen LogP contribution is 2.21. The summed E-state index contributed by atoms with van der Waals surface area (Å²) in [7, 11) is 0. The van der Waals surface area contributed by atoms with Gasteiger partial charge in [0.05, 0.1) is 0 Å². The summed E-state index contributed by atoms with van der Waals surface area (Å²) < 4.78 is 11.5. The topological polar surface area (TPSA) is 22.4 Å². The summed E-state index contributed by atoms with van der Waals surface area (Å²) in [5.41, 5.74) is 2.26. The van der Waals surface area contributed by atoms with Crippen LogP contribution < -0.4 is 4.74 Å². The van der Waals surface area contributed by atoms with Gasteiger partial charge in [0, 0.05) is 5.39 Å². The predicted molar refractivity (Wildman–Crippen MR) is 81.0 cm³/mol. The Morgan fingerprint density at radius 3 is 2.55 bits per heavy atom. The van der Waals surface area contributed by atoms with E-state index in [1.54, 1.807) is 0 Å². The Hall–Kier alpha value is -2.22. The molecule has 20 heavy (non-hydrogen) atoms. The molecule has 1 aromatic heterocycles. The summed E-state index contributed by atoms with van der Waals surface area (Å²) in [4.78, 5) is 0. The van der Waals surface area contributed by atoms with Crippen molar-refractivity contribution in [2.24, 2.45) is 0 Å². The number of fused-ring (bicyclic) bond motifs is 1. The number of hydrogen-bond acceptors (Lipinski definition) is 2. The smallest absolute Gasteiger partial charge is 0.146 e. The van der Waals surface area contributed by atoms with Gasteiger partial charge in [0.15, 0.2) is 0 Å². The second-order valence-electron chi connectivity index (χ2n) is 4.93. The Kier molecular flexibility index (Phi) is 3.73. The number of aryl methyl sites for hydroxylation is 1. The fourth-order valence-corrected chi connectivity index (χ4v) is 2.30. The van der Waals surface area contributed by atoms with E-state index in [0.717, 1.165) is 28.9 Å². The van der Waals surface area contributed by atoms with Crippen molar-refractivity contribution in [3.8, 4) is 5.75 Å². The molecule has 0 atom stereocenters. The van der Waals surface area contributed by atoms with Crippen LogP contribution in [0.3, 0.4) is 0 Å².